The van der Waals surface area contributed by atoms with Crippen molar-refractivity contribution in [2.75, 3.05) is 6.61 Å². The second-order valence-corrected chi connectivity index (χ2v) is 9.87. The Morgan fingerprint density at radius 2 is 1.74 bits per heavy atom. The second-order valence-electron chi connectivity index (χ2n) is 7.68. The van der Waals surface area contributed by atoms with Crippen LogP contribution in [-0.4, -0.2) is 17.7 Å². The number of aliphatic imine (C=N–C) groups is 1. The fraction of sp³-hybridized carbons (Fsp3) is 0.185. The van der Waals surface area contributed by atoms with Crippen LogP contribution in [0.3, 0.4) is 0 Å². The van der Waals surface area contributed by atoms with Crippen LogP contribution in [-0.2, 0) is 17.8 Å². The van der Waals surface area contributed by atoms with Gasteiger partial charge in [-0.25, -0.2) is 9.38 Å². The molecule has 3 aromatic carbocycles. The van der Waals surface area contributed by atoms with Gasteiger partial charge < -0.3 is 14.8 Å². The van der Waals surface area contributed by atoms with Crippen LogP contribution in [0, 0.1) is 9.39 Å². The molecule has 0 bridgehead atoms. The third-order valence-electron chi connectivity index (χ3n) is 5.15. The number of ether oxygens (including phenoxy) is 2. The van der Waals surface area contributed by atoms with Gasteiger partial charge in [0.05, 0.1) is 20.8 Å². The number of aryl methyl sites for hydroxylation is 1. The van der Waals surface area contributed by atoms with Crippen molar-refractivity contribution in [2.45, 2.75) is 26.9 Å². The van der Waals surface area contributed by atoms with E-state index < -0.39 is 0 Å². The zero-order chi connectivity index (χ0) is 24.8. The fourth-order valence-corrected chi connectivity index (χ4v) is 4.99. The number of carbonyl (C=O) groups is 1. The lowest BCUT2D eigenvalue weighted by Gasteiger charge is -2.15. The van der Waals surface area contributed by atoms with Crippen molar-refractivity contribution in [3.05, 3.63) is 91.6 Å². The van der Waals surface area contributed by atoms with Gasteiger partial charge in [0, 0.05) is 0 Å². The number of amides is 1. The molecule has 0 saturated carbocycles. The molecule has 3 aromatic rings. The lowest BCUT2D eigenvalue weighted by Crippen LogP contribution is -2.19. The molecule has 0 atom stereocenters. The molecule has 1 saturated heterocycles. The van der Waals surface area contributed by atoms with E-state index in [1.807, 2.05) is 49.4 Å². The Morgan fingerprint density at radius 1 is 1.03 bits per heavy atom. The molecule has 1 heterocycles. The van der Waals surface area contributed by atoms with Crippen molar-refractivity contribution in [2.24, 2.45) is 4.99 Å². The molecule has 1 aliphatic heterocycles. The molecule has 1 amide bonds. The lowest BCUT2D eigenvalue weighted by atomic mass is 10.1. The molecule has 0 unspecified atom stereocenters. The summed E-state index contributed by atoms with van der Waals surface area (Å²) in [5.74, 6) is 0.720. The summed E-state index contributed by atoms with van der Waals surface area (Å²) in [6.07, 6.45) is 2.78. The van der Waals surface area contributed by atoms with E-state index in [1.54, 1.807) is 12.1 Å². The summed E-state index contributed by atoms with van der Waals surface area (Å²) >= 11 is 3.49. The number of amidine groups is 1. The Hall–Kier alpha value is -2.85. The first-order valence-corrected chi connectivity index (χ1v) is 13.1. The van der Waals surface area contributed by atoms with Gasteiger partial charge in [0.25, 0.3) is 5.91 Å². The van der Waals surface area contributed by atoms with Gasteiger partial charge in [0.15, 0.2) is 16.7 Å². The van der Waals surface area contributed by atoms with Gasteiger partial charge in [0.1, 0.15) is 12.4 Å². The van der Waals surface area contributed by atoms with Gasteiger partial charge >= 0.3 is 0 Å². The fourth-order valence-electron chi connectivity index (χ4n) is 3.37. The van der Waals surface area contributed by atoms with Crippen molar-refractivity contribution < 1.29 is 18.7 Å². The summed E-state index contributed by atoms with van der Waals surface area (Å²) < 4.78 is 25.9. The maximum Gasteiger partial charge on any atom is 0.264 e. The lowest BCUT2D eigenvalue weighted by molar-refractivity contribution is -0.115. The molecule has 180 valence electrons. The predicted molar refractivity (Wildman–Crippen MR) is 148 cm³/mol. The van der Waals surface area contributed by atoms with Crippen LogP contribution < -0.4 is 14.8 Å². The van der Waals surface area contributed by atoms with Crippen LogP contribution in [0.4, 0.5) is 10.1 Å². The van der Waals surface area contributed by atoms with Crippen LogP contribution in [0.5, 0.6) is 11.5 Å². The average molecular weight is 602 g/mol. The smallest absolute Gasteiger partial charge is 0.264 e. The number of thioether (sulfide) groups is 1. The molecule has 35 heavy (non-hydrogen) atoms. The SMILES string of the molecule is CCOc1cc(/C=C2\SC(=Nc3ccc(CC)cc3)NC2=O)cc(I)c1OCc1ccc(F)cc1. The first kappa shape index (κ1) is 25.2. The highest BCUT2D eigenvalue weighted by Crippen LogP contribution is 2.37. The van der Waals surface area contributed by atoms with Gasteiger partial charge in [-0.2, -0.15) is 0 Å². The molecule has 0 aliphatic carbocycles. The minimum Gasteiger partial charge on any atom is -0.490 e. The Bertz CT molecular complexity index is 1270. The minimum absolute atomic E-state index is 0.191. The first-order chi connectivity index (χ1) is 16.9. The number of halogens is 2. The van der Waals surface area contributed by atoms with E-state index in [1.165, 1.54) is 29.5 Å². The molecule has 0 radical (unpaired) electrons. The molecule has 5 nitrogen and oxygen atoms in total. The molecular formula is C27H24FIN2O3S. The zero-order valence-corrected chi connectivity index (χ0v) is 22.3. The van der Waals surface area contributed by atoms with Crippen molar-refractivity contribution in [1.29, 1.82) is 0 Å². The normalized spacial score (nSPS) is 15.5. The van der Waals surface area contributed by atoms with E-state index in [0.29, 0.717) is 28.2 Å². The summed E-state index contributed by atoms with van der Waals surface area (Å²) in [6, 6.07) is 17.9. The number of hydrogen-bond acceptors (Lipinski definition) is 5. The Labute approximate surface area is 222 Å². The van der Waals surface area contributed by atoms with Crippen molar-refractivity contribution in [3.63, 3.8) is 0 Å². The average Bonchev–Trinajstić information content (AvgIpc) is 3.18. The number of rotatable bonds is 8. The van der Waals surface area contributed by atoms with E-state index in [2.05, 4.69) is 39.8 Å². The van der Waals surface area contributed by atoms with Gasteiger partial charge in [0.2, 0.25) is 0 Å². The van der Waals surface area contributed by atoms with Gasteiger partial charge in [-0.15, -0.1) is 0 Å². The Kier molecular flexibility index (Phi) is 8.46. The van der Waals surface area contributed by atoms with Crippen LogP contribution in [0.25, 0.3) is 6.08 Å². The number of benzene rings is 3. The maximum atomic E-state index is 13.2. The second kappa shape index (κ2) is 11.7. The summed E-state index contributed by atoms with van der Waals surface area (Å²) in [5.41, 5.74) is 3.70. The van der Waals surface area contributed by atoms with Gasteiger partial charge in [-0.3, -0.25) is 4.79 Å². The van der Waals surface area contributed by atoms with E-state index in [0.717, 1.165) is 26.8 Å². The van der Waals surface area contributed by atoms with E-state index in [4.69, 9.17) is 9.47 Å². The van der Waals surface area contributed by atoms with Crippen LogP contribution in [0.2, 0.25) is 0 Å². The molecule has 0 aromatic heterocycles. The highest BCUT2D eigenvalue weighted by molar-refractivity contribution is 14.1. The summed E-state index contributed by atoms with van der Waals surface area (Å²) in [6.45, 7) is 4.76. The van der Waals surface area contributed by atoms with Crippen LogP contribution >= 0.6 is 34.4 Å². The Morgan fingerprint density at radius 3 is 2.43 bits per heavy atom. The highest BCUT2D eigenvalue weighted by Gasteiger charge is 2.24. The zero-order valence-electron chi connectivity index (χ0n) is 19.3. The Balaban J connectivity index is 1.53. The molecule has 0 spiro atoms. The number of carbonyl (C=O) groups excluding carboxylic acids is 1. The standard InChI is InChI=1S/C27H24FIN2O3S/c1-3-17-7-11-21(12-8-17)30-27-31-26(32)24(35-27)15-19-13-22(29)25(23(14-19)33-4-2)34-16-18-5-9-20(28)10-6-18/h5-15H,3-4,16H2,1-2H3,(H,30,31,32)/b24-15-. The van der Waals surface area contributed by atoms with Crippen molar-refractivity contribution >= 4 is 57.2 Å². The van der Waals surface area contributed by atoms with Crippen LogP contribution in [0.15, 0.2) is 70.6 Å². The molecular weight excluding hydrogens is 578 g/mol. The topological polar surface area (TPSA) is 59.9 Å². The minimum atomic E-state index is -0.285. The molecule has 4 rings (SSSR count). The third kappa shape index (κ3) is 6.64. The monoisotopic (exact) mass is 602 g/mol. The summed E-state index contributed by atoms with van der Waals surface area (Å²) in [4.78, 5) is 17.7. The number of nitrogens with one attached hydrogen (secondary N) is 1. The van der Waals surface area contributed by atoms with Gasteiger partial charge in [-0.05, 0) is 107 Å². The highest BCUT2D eigenvalue weighted by atomic mass is 127. The predicted octanol–water partition coefficient (Wildman–Crippen LogP) is 6.86. The summed E-state index contributed by atoms with van der Waals surface area (Å²) in [5, 5.41) is 3.38. The first-order valence-electron chi connectivity index (χ1n) is 11.2. The van der Waals surface area contributed by atoms with E-state index >= 15 is 0 Å². The molecule has 1 fully saturated rings. The largest absolute Gasteiger partial charge is 0.490 e. The van der Waals surface area contributed by atoms with Crippen molar-refractivity contribution in [3.8, 4) is 11.5 Å². The molecule has 1 aliphatic rings. The molecule has 1 N–H and O–H groups in total. The van der Waals surface area contributed by atoms with E-state index in [9.17, 15) is 9.18 Å². The summed E-state index contributed by atoms with van der Waals surface area (Å²) in [7, 11) is 0. The maximum absolute atomic E-state index is 13.2. The quantitative estimate of drug-likeness (QED) is 0.226. The number of nitrogens with zero attached hydrogens (tertiary/aromatic N) is 1. The van der Waals surface area contributed by atoms with Crippen molar-refractivity contribution in [1.82, 2.24) is 5.32 Å². The molecule has 8 heteroatoms. The number of hydrogen-bond donors (Lipinski definition) is 1. The van der Waals surface area contributed by atoms with E-state index in [-0.39, 0.29) is 18.3 Å². The van der Waals surface area contributed by atoms with Crippen LogP contribution in [0.1, 0.15) is 30.5 Å². The third-order valence-corrected chi connectivity index (χ3v) is 6.86. The van der Waals surface area contributed by atoms with Gasteiger partial charge in [-0.1, -0.05) is 31.2 Å².